The first-order valence-corrected chi connectivity index (χ1v) is 3.96. The molecule has 58 valence electrons. The van der Waals surface area contributed by atoms with Crippen LogP contribution in [0.25, 0.3) is 0 Å². The van der Waals surface area contributed by atoms with E-state index >= 15 is 0 Å². The van der Waals surface area contributed by atoms with E-state index in [2.05, 4.69) is 0 Å². The van der Waals surface area contributed by atoms with Gasteiger partial charge in [0.15, 0.2) is 0 Å². The van der Waals surface area contributed by atoms with Crippen molar-refractivity contribution < 1.29 is 4.79 Å². The van der Waals surface area contributed by atoms with Gasteiger partial charge in [0, 0.05) is 10.6 Å². The largest absolute Gasteiger partial charge is 0.298 e. The van der Waals surface area contributed by atoms with Crippen LogP contribution in [-0.2, 0) is 4.79 Å². The molecule has 0 bridgehead atoms. The zero-order valence-electron chi connectivity index (χ0n) is 6.48. The molecule has 0 amide bonds. The van der Waals surface area contributed by atoms with E-state index in [9.17, 15) is 4.79 Å². The summed E-state index contributed by atoms with van der Waals surface area (Å²) >= 11 is 5.76. The third-order valence-corrected chi connectivity index (χ3v) is 1.83. The lowest BCUT2D eigenvalue weighted by molar-refractivity contribution is -0.105. The third kappa shape index (κ3) is 3.02. The second-order valence-corrected chi connectivity index (χ2v) is 2.61. The van der Waals surface area contributed by atoms with Gasteiger partial charge in [-0.05, 0) is 12.8 Å². The summed E-state index contributed by atoms with van der Waals surface area (Å²) in [5.41, 5.74) is 0.756. The van der Waals surface area contributed by atoms with Crippen LogP contribution in [-0.4, -0.2) is 6.29 Å². The average Bonchev–Trinajstić information content (AvgIpc) is 1.99. The maximum atomic E-state index is 10.4. The number of carbonyl (C=O) groups is 1. The van der Waals surface area contributed by atoms with Gasteiger partial charge in [-0.1, -0.05) is 31.9 Å². The molecule has 0 atom stereocenters. The van der Waals surface area contributed by atoms with Crippen LogP contribution in [0.4, 0.5) is 0 Å². The quantitative estimate of drug-likeness (QED) is 0.457. The van der Waals surface area contributed by atoms with E-state index < -0.39 is 0 Å². The first-order chi connectivity index (χ1) is 4.76. The minimum absolute atomic E-state index is 0.705. The lowest BCUT2D eigenvalue weighted by atomic mass is 10.1. The highest BCUT2D eigenvalue weighted by Gasteiger charge is 1.99. The van der Waals surface area contributed by atoms with Gasteiger partial charge in [0.1, 0.15) is 6.29 Å². The molecule has 0 unspecified atom stereocenters. The summed E-state index contributed by atoms with van der Waals surface area (Å²) in [7, 11) is 0. The van der Waals surface area contributed by atoms with Crippen molar-refractivity contribution in [2.24, 2.45) is 0 Å². The summed E-state index contributed by atoms with van der Waals surface area (Å²) in [6.45, 7) is 3.98. The van der Waals surface area contributed by atoms with Crippen LogP contribution < -0.4 is 0 Å². The van der Waals surface area contributed by atoms with E-state index in [1.807, 2.05) is 13.8 Å². The number of hydrogen-bond donors (Lipinski definition) is 0. The Morgan fingerprint density at radius 2 is 2.10 bits per heavy atom. The lowest BCUT2D eigenvalue weighted by Gasteiger charge is -1.98. The molecule has 0 saturated heterocycles. The molecule has 2 heteroatoms. The fourth-order valence-electron chi connectivity index (χ4n) is 0.755. The Hall–Kier alpha value is -0.300. The molecule has 0 aromatic rings. The molecule has 0 aromatic carbocycles. The SMILES string of the molecule is CCC/C(C=O)=C(\Cl)CC. The highest BCUT2D eigenvalue weighted by atomic mass is 35.5. The second kappa shape index (κ2) is 5.48. The highest BCUT2D eigenvalue weighted by molar-refractivity contribution is 6.31. The van der Waals surface area contributed by atoms with Gasteiger partial charge in [0.25, 0.3) is 0 Å². The average molecular weight is 161 g/mol. The molecule has 1 nitrogen and oxygen atoms in total. The summed E-state index contributed by atoms with van der Waals surface area (Å²) in [4.78, 5) is 10.4. The number of halogens is 1. The van der Waals surface area contributed by atoms with E-state index in [0.29, 0.717) is 5.03 Å². The van der Waals surface area contributed by atoms with E-state index in [4.69, 9.17) is 11.6 Å². The van der Waals surface area contributed by atoms with Gasteiger partial charge in [-0.15, -0.1) is 0 Å². The number of allylic oxidation sites excluding steroid dienone is 2. The summed E-state index contributed by atoms with van der Waals surface area (Å²) in [5, 5.41) is 0.705. The van der Waals surface area contributed by atoms with Crippen LogP contribution in [0.2, 0.25) is 0 Å². The molecular formula is C8H13ClO. The number of aldehydes is 1. The van der Waals surface area contributed by atoms with Crippen LogP contribution in [0.3, 0.4) is 0 Å². The van der Waals surface area contributed by atoms with E-state index in [0.717, 1.165) is 31.1 Å². The first-order valence-electron chi connectivity index (χ1n) is 3.58. The molecule has 0 radical (unpaired) electrons. The molecule has 0 spiro atoms. The Morgan fingerprint density at radius 1 is 1.50 bits per heavy atom. The minimum Gasteiger partial charge on any atom is -0.298 e. The van der Waals surface area contributed by atoms with Gasteiger partial charge in [-0.2, -0.15) is 0 Å². The molecular weight excluding hydrogens is 148 g/mol. The predicted molar refractivity (Wildman–Crippen MR) is 44.1 cm³/mol. The maximum Gasteiger partial charge on any atom is 0.147 e. The molecule has 0 aliphatic carbocycles. The maximum absolute atomic E-state index is 10.4. The minimum atomic E-state index is 0.705. The second-order valence-electron chi connectivity index (χ2n) is 2.15. The Morgan fingerprint density at radius 3 is 2.40 bits per heavy atom. The van der Waals surface area contributed by atoms with Gasteiger partial charge in [0.2, 0.25) is 0 Å². The fourth-order valence-corrected chi connectivity index (χ4v) is 0.894. The molecule has 0 N–H and O–H groups in total. The summed E-state index contributed by atoms with van der Waals surface area (Å²) in [6.07, 6.45) is 3.39. The third-order valence-electron chi connectivity index (χ3n) is 1.32. The van der Waals surface area contributed by atoms with E-state index in [1.54, 1.807) is 0 Å². The van der Waals surface area contributed by atoms with Crippen LogP contribution in [0.15, 0.2) is 10.6 Å². The first kappa shape index (κ1) is 9.70. The van der Waals surface area contributed by atoms with Crippen LogP contribution in [0.5, 0.6) is 0 Å². The van der Waals surface area contributed by atoms with Crippen molar-refractivity contribution in [1.29, 1.82) is 0 Å². The van der Waals surface area contributed by atoms with Crippen molar-refractivity contribution >= 4 is 17.9 Å². The Kier molecular flexibility index (Phi) is 5.32. The highest BCUT2D eigenvalue weighted by Crippen LogP contribution is 2.15. The molecule has 0 aliphatic heterocycles. The number of carbonyl (C=O) groups excluding carboxylic acids is 1. The summed E-state index contributed by atoms with van der Waals surface area (Å²) in [6, 6.07) is 0. The number of hydrogen-bond acceptors (Lipinski definition) is 1. The molecule has 0 heterocycles. The van der Waals surface area contributed by atoms with Crippen LogP contribution in [0.1, 0.15) is 33.1 Å². The topological polar surface area (TPSA) is 17.1 Å². The molecule has 10 heavy (non-hydrogen) atoms. The van der Waals surface area contributed by atoms with Crippen molar-refractivity contribution in [1.82, 2.24) is 0 Å². The van der Waals surface area contributed by atoms with Crippen LogP contribution >= 0.6 is 11.6 Å². The predicted octanol–water partition coefficient (Wildman–Crippen LogP) is 2.89. The summed E-state index contributed by atoms with van der Waals surface area (Å²) < 4.78 is 0. The van der Waals surface area contributed by atoms with E-state index in [-0.39, 0.29) is 0 Å². The molecule has 0 fully saturated rings. The van der Waals surface area contributed by atoms with Gasteiger partial charge in [0.05, 0.1) is 0 Å². The van der Waals surface area contributed by atoms with Crippen molar-refractivity contribution in [3.63, 3.8) is 0 Å². The van der Waals surface area contributed by atoms with Crippen molar-refractivity contribution in [3.8, 4) is 0 Å². The molecule has 0 aromatic heterocycles. The molecule has 0 rings (SSSR count). The lowest BCUT2D eigenvalue weighted by Crippen LogP contribution is -1.87. The van der Waals surface area contributed by atoms with Gasteiger partial charge in [-0.25, -0.2) is 0 Å². The Labute approximate surface area is 67.1 Å². The Bertz CT molecular complexity index is 138. The monoisotopic (exact) mass is 160 g/mol. The summed E-state index contributed by atoms with van der Waals surface area (Å²) in [5.74, 6) is 0. The fraction of sp³-hybridized carbons (Fsp3) is 0.625. The standard InChI is InChI=1S/C8H13ClO/c1-3-5-7(6-10)8(9)4-2/h6H,3-5H2,1-2H3/b8-7+. The van der Waals surface area contributed by atoms with Crippen LogP contribution in [0, 0.1) is 0 Å². The van der Waals surface area contributed by atoms with Crippen molar-refractivity contribution in [2.45, 2.75) is 33.1 Å². The smallest absolute Gasteiger partial charge is 0.147 e. The Balaban J connectivity index is 4.14. The van der Waals surface area contributed by atoms with Gasteiger partial charge >= 0.3 is 0 Å². The van der Waals surface area contributed by atoms with Crippen molar-refractivity contribution in [2.75, 3.05) is 0 Å². The zero-order valence-corrected chi connectivity index (χ0v) is 7.24. The van der Waals surface area contributed by atoms with E-state index in [1.165, 1.54) is 0 Å². The van der Waals surface area contributed by atoms with Crippen molar-refractivity contribution in [3.05, 3.63) is 10.6 Å². The normalized spacial score (nSPS) is 12.7. The number of rotatable bonds is 4. The molecule has 0 saturated carbocycles. The van der Waals surface area contributed by atoms with Gasteiger partial charge in [-0.3, -0.25) is 4.79 Å². The molecule has 0 aliphatic rings. The van der Waals surface area contributed by atoms with Gasteiger partial charge < -0.3 is 0 Å². The zero-order chi connectivity index (χ0) is 7.98.